The lowest BCUT2D eigenvalue weighted by Gasteiger charge is -2.11. The molecule has 0 atom stereocenters. The van der Waals surface area contributed by atoms with Crippen molar-refractivity contribution in [2.45, 2.75) is 20.3 Å². The number of nitrogens with zero attached hydrogens (tertiary/aromatic N) is 3. The standard InChI is InChI=1S/C19H23N5O2/c1-13-11-15(3-5-17(13)20)16-4-6-18(14(2)12-16)23-19(25)7-9-26-10-8-22-24-21/h3-6,11-12H,7-10,20H2,1-2H3,(H,23,25). The molecule has 0 aromatic heterocycles. The lowest BCUT2D eigenvalue weighted by atomic mass is 10.00. The zero-order valence-electron chi connectivity index (χ0n) is 15.0. The molecule has 0 heterocycles. The summed E-state index contributed by atoms with van der Waals surface area (Å²) in [6, 6.07) is 11.9. The van der Waals surface area contributed by atoms with E-state index in [-0.39, 0.29) is 25.5 Å². The van der Waals surface area contributed by atoms with Crippen molar-refractivity contribution in [3.05, 3.63) is 58.0 Å². The van der Waals surface area contributed by atoms with Gasteiger partial charge in [0.1, 0.15) is 0 Å². The summed E-state index contributed by atoms with van der Waals surface area (Å²) in [6.07, 6.45) is 0.245. The van der Waals surface area contributed by atoms with Crippen LogP contribution in [0.5, 0.6) is 0 Å². The molecule has 7 heteroatoms. The molecule has 0 aliphatic heterocycles. The highest BCUT2D eigenvalue weighted by atomic mass is 16.5. The molecule has 0 radical (unpaired) electrons. The Kier molecular flexibility index (Phi) is 7.02. The van der Waals surface area contributed by atoms with Crippen molar-refractivity contribution in [2.24, 2.45) is 5.11 Å². The van der Waals surface area contributed by atoms with Gasteiger partial charge in [-0.3, -0.25) is 4.79 Å². The van der Waals surface area contributed by atoms with Crippen molar-refractivity contribution in [1.29, 1.82) is 0 Å². The molecule has 0 aliphatic rings. The first-order valence-electron chi connectivity index (χ1n) is 8.37. The average molecular weight is 353 g/mol. The number of anilines is 2. The third-order valence-corrected chi connectivity index (χ3v) is 3.98. The van der Waals surface area contributed by atoms with Gasteiger partial charge in [-0.2, -0.15) is 0 Å². The molecular weight excluding hydrogens is 330 g/mol. The number of carbonyl (C=O) groups is 1. The molecule has 0 fully saturated rings. The van der Waals surface area contributed by atoms with Crippen molar-refractivity contribution < 1.29 is 9.53 Å². The number of hydrogen-bond acceptors (Lipinski definition) is 4. The molecule has 2 aromatic carbocycles. The van der Waals surface area contributed by atoms with Crippen molar-refractivity contribution >= 4 is 17.3 Å². The summed E-state index contributed by atoms with van der Waals surface area (Å²) in [5.41, 5.74) is 19.8. The van der Waals surface area contributed by atoms with Gasteiger partial charge in [0.2, 0.25) is 5.91 Å². The smallest absolute Gasteiger partial charge is 0.226 e. The lowest BCUT2D eigenvalue weighted by molar-refractivity contribution is -0.117. The Morgan fingerprint density at radius 3 is 2.50 bits per heavy atom. The fourth-order valence-corrected chi connectivity index (χ4v) is 2.47. The number of amides is 1. The summed E-state index contributed by atoms with van der Waals surface area (Å²) in [7, 11) is 0. The fourth-order valence-electron chi connectivity index (χ4n) is 2.47. The van der Waals surface area contributed by atoms with E-state index in [4.69, 9.17) is 16.0 Å². The Morgan fingerprint density at radius 2 is 1.85 bits per heavy atom. The molecule has 7 nitrogen and oxygen atoms in total. The highest BCUT2D eigenvalue weighted by Crippen LogP contribution is 2.27. The lowest BCUT2D eigenvalue weighted by Crippen LogP contribution is -2.15. The van der Waals surface area contributed by atoms with Crippen LogP contribution in [0.2, 0.25) is 0 Å². The van der Waals surface area contributed by atoms with Crippen molar-refractivity contribution in [3.63, 3.8) is 0 Å². The van der Waals surface area contributed by atoms with E-state index in [0.29, 0.717) is 6.61 Å². The molecular formula is C19H23N5O2. The molecule has 0 spiro atoms. The summed E-state index contributed by atoms with van der Waals surface area (Å²) >= 11 is 0. The van der Waals surface area contributed by atoms with E-state index in [9.17, 15) is 4.79 Å². The zero-order valence-corrected chi connectivity index (χ0v) is 15.0. The van der Waals surface area contributed by atoms with Crippen LogP contribution in [-0.2, 0) is 9.53 Å². The van der Waals surface area contributed by atoms with Crippen LogP contribution in [0.3, 0.4) is 0 Å². The second kappa shape index (κ2) is 9.46. The van der Waals surface area contributed by atoms with Gasteiger partial charge in [0, 0.05) is 22.8 Å². The maximum Gasteiger partial charge on any atom is 0.226 e. The SMILES string of the molecule is Cc1cc(-c2ccc(NC(=O)CCOCCN=[N+]=[N-])c(C)c2)ccc1N. The Bertz CT molecular complexity index is 829. The third-order valence-electron chi connectivity index (χ3n) is 3.98. The second-order valence-corrected chi connectivity index (χ2v) is 5.97. The van der Waals surface area contributed by atoms with Gasteiger partial charge >= 0.3 is 0 Å². The normalized spacial score (nSPS) is 10.2. The first kappa shape index (κ1) is 19.3. The number of nitrogen functional groups attached to an aromatic ring is 1. The number of ether oxygens (including phenoxy) is 1. The number of nitrogens with one attached hydrogen (secondary N) is 1. The largest absolute Gasteiger partial charge is 0.399 e. The predicted octanol–water partition coefficient (Wildman–Crippen LogP) is 4.21. The van der Waals surface area contributed by atoms with E-state index in [0.717, 1.165) is 33.6 Å². The topological polar surface area (TPSA) is 113 Å². The summed E-state index contributed by atoms with van der Waals surface area (Å²) in [5.74, 6) is -0.118. The summed E-state index contributed by atoms with van der Waals surface area (Å²) in [5, 5.41) is 6.25. The van der Waals surface area contributed by atoms with Crippen molar-refractivity contribution in [3.8, 4) is 11.1 Å². The van der Waals surface area contributed by atoms with Gasteiger partial charge in [-0.25, -0.2) is 0 Å². The molecule has 0 saturated heterocycles. The van der Waals surface area contributed by atoms with Crippen molar-refractivity contribution in [1.82, 2.24) is 0 Å². The first-order valence-corrected chi connectivity index (χ1v) is 8.37. The quantitative estimate of drug-likeness (QED) is 0.244. The Hall–Kier alpha value is -3.02. The van der Waals surface area contributed by atoms with Crippen LogP contribution in [0.1, 0.15) is 17.5 Å². The van der Waals surface area contributed by atoms with Gasteiger partial charge in [-0.15, -0.1) is 0 Å². The molecule has 2 rings (SSSR count). The number of carbonyl (C=O) groups excluding carboxylic acids is 1. The molecule has 26 heavy (non-hydrogen) atoms. The minimum absolute atomic E-state index is 0.118. The summed E-state index contributed by atoms with van der Waals surface area (Å²) in [6.45, 7) is 4.80. The van der Waals surface area contributed by atoms with E-state index in [2.05, 4.69) is 21.4 Å². The maximum atomic E-state index is 12.0. The predicted molar refractivity (Wildman–Crippen MR) is 104 cm³/mol. The van der Waals surface area contributed by atoms with E-state index in [1.807, 2.05) is 44.2 Å². The maximum absolute atomic E-state index is 12.0. The van der Waals surface area contributed by atoms with Crippen LogP contribution in [0.4, 0.5) is 11.4 Å². The van der Waals surface area contributed by atoms with Gasteiger partial charge < -0.3 is 15.8 Å². The van der Waals surface area contributed by atoms with Crippen molar-refractivity contribution in [2.75, 3.05) is 30.8 Å². The van der Waals surface area contributed by atoms with Gasteiger partial charge in [0.15, 0.2) is 0 Å². The summed E-state index contributed by atoms with van der Waals surface area (Å²) < 4.78 is 5.24. The van der Waals surface area contributed by atoms with Crippen LogP contribution >= 0.6 is 0 Å². The minimum Gasteiger partial charge on any atom is -0.399 e. The molecule has 3 N–H and O–H groups in total. The van der Waals surface area contributed by atoms with Crippen LogP contribution < -0.4 is 11.1 Å². The molecule has 136 valence electrons. The Labute approximate surface area is 152 Å². The van der Waals surface area contributed by atoms with E-state index in [1.165, 1.54) is 0 Å². The number of aryl methyl sites for hydroxylation is 2. The van der Waals surface area contributed by atoms with E-state index in [1.54, 1.807) is 0 Å². The molecule has 2 aromatic rings. The molecule has 0 aliphatic carbocycles. The fraction of sp³-hybridized carbons (Fsp3) is 0.316. The Balaban J connectivity index is 1.93. The Morgan fingerprint density at radius 1 is 1.15 bits per heavy atom. The zero-order chi connectivity index (χ0) is 18.9. The molecule has 1 amide bonds. The van der Waals surface area contributed by atoms with Gasteiger partial charge in [0.25, 0.3) is 0 Å². The highest BCUT2D eigenvalue weighted by Gasteiger charge is 2.07. The molecule has 0 saturated carbocycles. The van der Waals surface area contributed by atoms with E-state index < -0.39 is 0 Å². The highest BCUT2D eigenvalue weighted by molar-refractivity contribution is 5.92. The summed E-state index contributed by atoms with van der Waals surface area (Å²) in [4.78, 5) is 14.6. The first-order chi connectivity index (χ1) is 12.5. The number of hydrogen-bond donors (Lipinski definition) is 2. The van der Waals surface area contributed by atoms with Crippen LogP contribution in [0, 0.1) is 13.8 Å². The number of azide groups is 1. The minimum atomic E-state index is -0.118. The second-order valence-electron chi connectivity index (χ2n) is 5.97. The average Bonchev–Trinajstić information content (AvgIpc) is 2.62. The third kappa shape index (κ3) is 5.51. The molecule has 0 unspecified atom stereocenters. The molecule has 0 bridgehead atoms. The monoisotopic (exact) mass is 353 g/mol. The van der Waals surface area contributed by atoms with Crippen LogP contribution in [0.25, 0.3) is 21.6 Å². The van der Waals surface area contributed by atoms with Gasteiger partial charge in [-0.1, -0.05) is 17.2 Å². The number of benzene rings is 2. The van der Waals surface area contributed by atoms with Crippen LogP contribution in [-0.4, -0.2) is 25.7 Å². The van der Waals surface area contributed by atoms with E-state index >= 15 is 0 Å². The number of nitrogens with two attached hydrogens (primary N) is 1. The van der Waals surface area contributed by atoms with Gasteiger partial charge in [0.05, 0.1) is 19.6 Å². The van der Waals surface area contributed by atoms with Crippen LogP contribution in [0.15, 0.2) is 41.5 Å². The van der Waals surface area contributed by atoms with Gasteiger partial charge in [-0.05, 0) is 65.9 Å². The number of rotatable bonds is 8.